The highest BCUT2D eigenvalue weighted by Crippen LogP contribution is 2.28. The number of carbonyl (C=O) groups excluding carboxylic acids is 1. The number of aryl methyl sites for hydroxylation is 1. The lowest BCUT2D eigenvalue weighted by atomic mass is 10.2. The zero-order valence-electron chi connectivity index (χ0n) is 15.3. The molecule has 0 saturated heterocycles. The Kier molecular flexibility index (Phi) is 4.98. The highest BCUT2D eigenvalue weighted by atomic mass is 16.5. The number of hydrogen-bond donors (Lipinski definition) is 1. The number of ether oxygens (including phenoxy) is 1. The average Bonchev–Trinajstić information content (AvgIpc) is 3.01. The molecule has 27 heavy (non-hydrogen) atoms. The number of fused-ring (bicyclic) bond motifs is 4. The first-order valence-corrected chi connectivity index (χ1v) is 9.17. The van der Waals surface area contributed by atoms with Crippen LogP contribution < -0.4 is 5.32 Å². The van der Waals surface area contributed by atoms with Crippen molar-refractivity contribution in [1.29, 1.82) is 0 Å². The van der Waals surface area contributed by atoms with Gasteiger partial charge >= 0.3 is 0 Å². The summed E-state index contributed by atoms with van der Waals surface area (Å²) in [6.45, 7) is 1.84. The Morgan fingerprint density at radius 2 is 1.81 bits per heavy atom. The number of nitrogens with zero attached hydrogens (tertiary/aromatic N) is 3. The van der Waals surface area contributed by atoms with E-state index in [2.05, 4.69) is 22.0 Å². The number of para-hydroxylation sites is 3. The van der Waals surface area contributed by atoms with Gasteiger partial charge < -0.3 is 14.6 Å². The van der Waals surface area contributed by atoms with Crippen LogP contribution in [0, 0.1) is 0 Å². The zero-order chi connectivity index (χ0) is 18.6. The molecule has 0 fully saturated rings. The Morgan fingerprint density at radius 3 is 2.63 bits per heavy atom. The number of methoxy groups -OCH3 is 1. The van der Waals surface area contributed by atoms with Crippen LogP contribution in [0.5, 0.6) is 0 Å². The van der Waals surface area contributed by atoms with Crippen molar-refractivity contribution >= 4 is 39.0 Å². The van der Waals surface area contributed by atoms with E-state index in [-0.39, 0.29) is 5.91 Å². The second-order valence-electron chi connectivity index (χ2n) is 6.50. The van der Waals surface area contributed by atoms with Crippen molar-refractivity contribution in [3.05, 3.63) is 48.5 Å². The van der Waals surface area contributed by atoms with Gasteiger partial charge in [0.2, 0.25) is 5.91 Å². The standard InChI is InChI=1S/C21H22N4O2/c1-27-14-6-12-22-19(26)11-13-25-18-10-5-2-7-15(18)20-21(25)24-17-9-4-3-8-16(17)23-20/h2-5,7-10H,6,11-14H2,1H3,(H,22,26). The summed E-state index contributed by atoms with van der Waals surface area (Å²) in [4.78, 5) is 21.8. The van der Waals surface area contributed by atoms with Crippen LogP contribution in [0.15, 0.2) is 48.5 Å². The maximum Gasteiger partial charge on any atom is 0.221 e. The van der Waals surface area contributed by atoms with Gasteiger partial charge in [-0.1, -0.05) is 30.3 Å². The quantitative estimate of drug-likeness (QED) is 0.512. The predicted molar refractivity (Wildman–Crippen MR) is 107 cm³/mol. The molecule has 6 heteroatoms. The predicted octanol–water partition coefficient (Wildman–Crippen LogP) is 3.28. The first-order valence-electron chi connectivity index (χ1n) is 9.17. The SMILES string of the molecule is COCCCNC(=O)CCn1c2ccccc2c2nc3ccccc3nc21. The molecule has 1 N–H and O–H groups in total. The second-order valence-corrected chi connectivity index (χ2v) is 6.50. The molecule has 0 aliphatic heterocycles. The van der Waals surface area contributed by atoms with Gasteiger partial charge in [-0.25, -0.2) is 9.97 Å². The largest absolute Gasteiger partial charge is 0.385 e. The van der Waals surface area contributed by atoms with E-state index in [0.29, 0.717) is 26.1 Å². The fourth-order valence-electron chi connectivity index (χ4n) is 3.36. The Morgan fingerprint density at radius 1 is 1.07 bits per heavy atom. The van der Waals surface area contributed by atoms with Crippen molar-refractivity contribution in [3.63, 3.8) is 0 Å². The molecule has 138 valence electrons. The molecule has 4 aromatic rings. The van der Waals surface area contributed by atoms with E-state index in [0.717, 1.165) is 39.5 Å². The van der Waals surface area contributed by atoms with Crippen molar-refractivity contribution in [2.75, 3.05) is 20.3 Å². The van der Waals surface area contributed by atoms with Crippen LogP contribution in [-0.4, -0.2) is 40.7 Å². The Bertz CT molecular complexity index is 1100. The highest BCUT2D eigenvalue weighted by molar-refractivity contribution is 6.06. The third-order valence-corrected chi connectivity index (χ3v) is 4.67. The number of nitrogens with one attached hydrogen (secondary N) is 1. The average molecular weight is 362 g/mol. The number of amides is 1. The fraction of sp³-hybridized carbons (Fsp3) is 0.286. The van der Waals surface area contributed by atoms with Crippen molar-refractivity contribution in [2.24, 2.45) is 0 Å². The Balaban J connectivity index is 1.66. The minimum Gasteiger partial charge on any atom is -0.385 e. The number of hydrogen-bond acceptors (Lipinski definition) is 4. The molecule has 0 radical (unpaired) electrons. The summed E-state index contributed by atoms with van der Waals surface area (Å²) >= 11 is 0. The number of aromatic nitrogens is 3. The monoisotopic (exact) mass is 362 g/mol. The molecular formula is C21H22N4O2. The summed E-state index contributed by atoms with van der Waals surface area (Å²) in [5.41, 5.74) is 4.49. The third-order valence-electron chi connectivity index (χ3n) is 4.67. The number of benzene rings is 2. The molecule has 1 amide bonds. The summed E-state index contributed by atoms with van der Waals surface area (Å²) in [7, 11) is 1.66. The second kappa shape index (κ2) is 7.72. The molecule has 2 aromatic heterocycles. The van der Waals surface area contributed by atoms with E-state index in [1.807, 2.05) is 36.4 Å². The van der Waals surface area contributed by atoms with Gasteiger partial charge in [-0.3, -0.25) is 4.79 Å². The number of carbonyl (C=O) groups is 1. The van der Waals surface area contributed by atoms with Crippen LogP contribution in [-0.2, 0) is 16.1 Å². The van der Waals surface area contributed by atoms with Gasteiger partial charge in [-0.05, 0) is 24.6 Å². The van der Waals surface area contributed by atoms with Crippen LogP contribution in [0.3, 0.4) is 0 Å². The van der Waals surface area contributed by atoms with Crippen molar-refractivity contribution in [1.82, 2.24) is 19.9 Å². The normalized spacial score (nSPS) is 11.4. The van der Waals surface area contributed by atoms with Crippen LogP contribution in [0.25, 0.3) is 33.1 Å². The molecule has 0 aliphatic carbocycles. The molecular weight excluding hydrogens is 340 g/mol. The Labute approximate surface area is 157 Å². The van der Waals surface area contributed by atoms with Crippen LogP contribution in [0.4, 0.5) is 0 Å². The molecule has 4 rings (SSSR count). The smallest absolute Gasteiger partial charge is 0.221 e. The minimum atomic E-state index is 0.0331. The lowest BCUT2D eigenvalue weighted by Gasteiger charge is -2.08. The van der Waals surface area contributed by atoms with E-state index >= 15 is 0 Å². The first kappa shape index (κ1) is 17.4. The molecule has 0 atom stereocenters. The molecule has 0 aliphatic rings. The van der Waals surface area contributed by atoms with Gasteiger partial charge in [-0.15, -0.1) is 0 Å². The van der Waals surface area contributed by atoms with Crippen molar-refractivity contribution < 1.29 is 9.53 Å². The van der Waals surface area contributed by atoms with Crippen LogP contribution >= 0.6 is 0 Å². The van der Waals surface area contributed by atoms with Gasteiger partial charge in [-0.2, -0.15) is 0 Å². The van der Waals surface area contributed by atoms with Gasteiger partial charge in [0.25, 0.3) is 0 Å². The minimum absolute atomic E-state index is 0.0331. The maximum atomic E-state index is 12.2. The van der Waals surface area contributed by atoms with E-state index in [1.165, 1.54) is 0 Å². The molecule has 0 unspecified atom stereocenters. The van der Waals surface area contributed by atoms with Crippen molar-refractivity contribution in [3.8, 4) is 0 Å². The van der Waals surface area contributed by atoms with Gasteiger partial charge in [0, 0.05) is 38.6 Å². The lowest BCUT2D eigenvalue weighted by molar-refractivity contribution is -0.121. The summed E-state index contributed by atoms with van der Waals surface area (Å²) in [5.74, 6) is 0.0331. The summed E-state index contributed by atoms with van der Waals surface area (Å²) < 4.78 is 7.10. The summed E-state index contributed by atoms with van der Waals surface area (Å²) in [6.07, 6.45) is 1.21. The highest BCUT2D eigenvalue weighted by Gasteiger charge is 2.14. The molecule has 0 bridgehead atoms. The third kappa shape index (κ3) is 3.48. The topological polar surface area (TPSA) is 69.0 Å². The van der Waals surface area contributed by atoms with Gasteiger partial charge in [0.15, 0.2) is 5.65 Å². The van der Waals surface area contributed by atoms with Crippen molar-refractivity contribution in [2.45, 2.75) is 19.4 Å². The number of rotatable bonds is 7. The van der Waals surface area contributed by atoms with Gasteiger partial charge in [0.05, 0.1) is 16.6 Å². The zero-order valence-corrected chi connectivity index (χ0v) is 15.3. The maximum absolute atomic E-state index is 12.2. The fourth-order valence-corrected chi connectivity index (χ4v) is 3.36. The van der Waals surface area contributed by atoms with Crippen LogP contribution in [0.1, 0.15) is 12.8 Å². The van der Waals surface area contributed by atoms with E-state index in [9.17, 15) is 4.79 Å². The molecule has 6 nitrogen and oxygen atoms in total. The van der Waals surface area contributed by atoms with E-state index in [1.54, 1.807) is 7.11 Å². The first-order chi connectivity index (χ1) is 13.3. The van der Waals surface area contributed by atoms with E-state index < -0.39 is 0 Å². The Hall–Kier alpha value is -2.99. The lowest BCUT2D eigenvalue weighted by Crippen LogP contribution is -2.26. The molecule has 2 aromatic carbocycles. The van der Waals surface area contributed by atoms with Gasteiger partial charge in [0.1, 0.15) is 5.52 Å². The summed E-state index contributed by atoms with van der Waals surface area (Å²) in [5, 5.41) is 4.00. The van der Waals surface area contributed by atoms with Crippen LogP contribution in [0.2, 0.25) is 0 Å². The molecule has 2 heterocycles. The summed E-state index contributed by atoms with van der Waals surface area (Å²) in [6, 6.07) is 16.0. The van der Waals surface area contributed by atoms with E-state index in [4.69, 9.17) is 14.7 Å². The molecule has 0 spiro atoms. The molecule has 0 saturated carbocycles.